The first-order valence-electron chi connectivity index (χ1n) is 3.98. The molecule has 0 amide bonds. The Morgan fingerprint density at radius 1 is 1.50 bits per heavy atom. The zero-order valence-corrected chi connectivity index (χ0v) is 7.86. The lowest BCUT2D eigenvalue weighted by molar-refractivity contribution is 0.728. The average molecular weight is 185 g/mol. The Hall–Kier alpha value is -0.730. The molecular weight excluding hydrogens is 172 g/mol. The number of halogens is 1. The van der Waals surface area contributed by atoms with Crippen molar-refractivity contribution < 1.29 is 0 Å². The van der Waals surface area contributed by atoms with Crippen LogP contribution in [0.1, 0.15) is 12.5 Å². The molecule has 1 aromatic rings. The number of nitrogen functional groups attached to an aromatic ring is 1. The van der Waals surface area contributed by atoms with Crippen LogP contribution >= 0.6 is 11.6 Å². The van der Waals surface area contributed by atoms with Gasteiger partial charge in [-0.05, 0) is 24.2 Å². The fourth-order valence-electron chi connectivity index (χ4n) is 0.986. The summed E-state index contributed by atoms with van der Waals surface area (Å²) in [6.07, 6.45) is 0. The number of anilines is 1. The van der Waals surface area contributed by atoms with E-state index in [1.165, 1.54) is 0 Å². The van der Waals surface area contributed by atoms with E-state index < -0.39 is 0 Å². The summed E-state index contributed by atoms with van der Waals surface area (Å²) in [5.41, 5.74) is 7.59. The summed E-state index contributed by atoms with van der Waals surface area (Å²) in [5, 5.41) is 3.89. The monoisotopic (exact) mass is 184 g/mol. The van der Waals surface area contributed by atoms with E-state index in [1.807, 2.05) is 12.1 Å². The topological polar surface area (TPSA) is 38.0 Å². The van der Waals surface area contributed by atoms with Crippen molar-refractivity contribution in [1.82, 2.24) is 5.32 Å². The molecule has 3 N–H and O–H groups in total. The lowest BCUT2D eigenvalue weighted by Gasteiger charge is -2.05. The quantitative estimate of drug-likeness (QED) is 0.706. The highest BCUT2D eigenvalue weighted by molar-refractivity contribution is 6.30. The first-order chi connectivity index (χ1) is 5.74. The summed E-state index contributed by atoms with van der Waals surface area (Å²) in [6.45, 7) is 3.81. The first kappa shape index (κ1) is 9.36. The Balaban J connectivity index is 2.72. The molecule has 0 saturated heterocycles. The van der Waals surface area contributed by atoms with E-state index in [2.05, 4.69) is 12.2 Å². The second kappa shape index (κ2) is 4.33. The molecule has 0 saturated carbocycles. The number of hydrogen-bond donors (Lipinski definition) is 2. The maximum absolute atomic E-state index is 5.75. The van der Waals surface area contributed by atoms with Crippen molar-refractivity contribution in [3.63, 3.8) is 0 Å². The van der Waals surface area contributed by atoms with Gasteiger partial charge in [0, 0.05) is 17.3 Å². The molecule has 0 aliphatic heterocycles. The highest BCUT2D eigenvalue weighted by Crippen LogP contribution is 2.17. The first-order valence-corrected chi connectivity index (χ1v) is 4.36. The fraction of sp³-hybridized carbons (Fsp3) is 0.333. The van der Waals surface area contributed by atoms with Crippen LogP contribution < -0.4 is 11.1 Å². The normalized spacial score (nSPS) is 10.2. The predicted molar refractivity (Wildman–Crippen MR) is 53.2 cm³/mol. The molecule has 1 rings (SSSR count). The lowest BCUT2D eigenvalue weighted by atomic mass is 10.2. The molecular formula is C9H13ClN2. The maximum Gasteiger partial charge on any atom is 0.0426 e. The molecule has 0 bridgehead atoms. The molecule has 66 valence electrons. The van der Waals surface area contributed by atoms with Crippen molar-refractivity contribution in [2.45, 2.75) is 13.5 Å². The van der Waals surface area contributed by atoms with Gasteiger partial charge < -0.3 is 11.1 Å². The van der Waals surface area contributed by atoms with Crippen LogP contribution in [0.2, 0.25) is 5.02 Å². The van der Waals surface area contributed by atoms with Gasteiger partial charge in [0.1, 0.15) is 0 Å². The highest BCUT2D eigenvalue weighted by Gasteiger charge is 1.97. The van der Waals surface area contributed by atoms with Gasteiger partial charge in [0.2, 0.25) is 0 Å². The predicted octanol–water partition coefficient (Wildman–Crippen LogP) is 2.03. The molecule has 0 unspecified atom stereocenters. The van der Waals surface area contributed by atoms with E-state index >= 15 is 0 Å². The Bertz CT molecular complexity index is 261. The third-order valence-electron chi connectivity index (χ3n) is 1.67. The van der Waals surface area contributed by atoms with Crippen LogP contribution in [-0.4, -0.2) is 6.54 Å². The van der Waals surface area contributed by atoms with Crippen molar-refractivity contribution >= 4 is 17.3 Å². The number of benzene rings is 1. The summed E-state index contributed by atoms with van der Waals surface area (Å²) < 4.78 is 0. The van der Waals surface area contributed by atoms with Gasteiger partial charge in [0.05, 0.1) is 0 Å². The van der Waals surface area contributed by atoms with E-state index in [9.17, 15) is 0 Å². The van der Waals surface area contributed by atoms with E-state index in [0.717, 1.165) is 24.3 Å². The molecule has 3 heteroatoms. The number of hydrogen-bond acceptors (Lipinski definition) is 2. The molecule has 0 aromatic heterocycles. The minimum absolute atomic E-state index is 0.688. The van der Waals surface area contributed by atoms with Gasteiger partial charge in [-0.3, -0.25) is 0 Å². The van der Waals surface area contributed by atoms with Crippen LogP contribution in [0.4, 0.5) is 5.69 Å². The Morgan fingerprint density at radius 2 is 2.25 bits per heavy atom. The second-order valence-corrected chi connectivity index (χ2v) is 3.06. The largest absolute Gasteiger partial charge is 0.398 e. The van der Waals surface area contributed by atoms with Crippen LogP contribution in [0.15, 0.2) is 18.2 Å². The Labute approximate surface area is 77.7 Å². The third kappa shape index (κ3) is 2.40. The van der Waals surface area contributed by atoms with Gasteiger partial charge in [-0.2, -0.15) is 0 Å². The third-order valence-corrected chi connectivity index (χ3v) is 1.91. The van der Waals surface area contributed by atoms with Crippen LogP contribution in [0, 0.1) is 0 Å². The summed E-state index contributed by atoms with van der Waals surface area (Å²) in [5.74, 6) is 0. The van der Waals surface area contributed by atoms with Gasteiger partial charge in [-0.1, -0.05) is 24.6 Å². The van der Waals surface area contributed by atoms with Crippen molar-refractivity contribution in [3.05, 3.63) is 28.8 Å². The summed E-state index contributed by atoms with van der Waals surface area (Å²) in [6, 6.07) is 5.57. The van der Waals surface area contributed by atoms with E-state index in [0.29, 0.717) is 5.02 Å². The summed E-state index contributed by atoms with van der Waals surface area (Å²) in [7, 11) is 0. The van der Waals surface area contributed by atoms with Crippen molar-refractivity contribution in [2.24, 2.45) is 0 Å². The molecule has 0 heterocycles. The summed E-state index contributed by atoms with van der Waals surface area (Å²) in [4.78, 5) is 0. The van der Waals surface area contributed by atoms with Crippen molar-refractivity contribution in [1.29, 1.82) is 0 Å². The summed E-state index contributed by atoms with van der Waals surface area (Å²) >= 11 is 5.75. The molecule has 0 atom stereocenters. The fourth-order valence-corrected chi connectivity index (χ4v) is 1.17. The van der Waals surface area contributed by atoms with Gasteiger partial charge in [-0.25, -0.2) is 0 Å². The van der Waals surface area contributed by atoms with Crippen LogP contribution in [0.3, 0.4) is 0 Å². The van der Waals surface area contributed by atoms with E-state index in [1.54, 1.807) is 6.07 Å². The molecule has 1 aromatic carbocycles. The van der Waals surface area contributed by atoms with Gasteiger partial charge in [-0.15, -0.1) is 0 Å². The number of nitrogens with two attached hydrogens (primary N) is 1. The molecule has 0 radical (unpaired) electrons. The molecule has 2 nitrogen and oxygen atoms in total. The van der Waals surface area contributed by atoms with Crippen molar-refractivity contribution in [2.75, 3.05) is 12.3 Å². The number of nitrogens with one attached hydrogen (secondary N) is 1. The highest BCUT2D eigenvalue weighted by atomic mass is 35.5. The van der Waals surface area contributed by atoms with Crippen LogP contribution in [-0.2, 0) is 6.54 Å². The van der Waals surface area contributed by atoms with E-state index in [-0.39, 0.29) is 0 Å². The van der Waals surface area contributed by atoms with E-state index in [4.69, 9.17) is 17.3 Å². The molecule has 0 fully saturated rings. The molecule has 0 spiro atoms. The Morgan fingerprint density at radius 3 is 2.83 bits per heavy atom. The SMILES string of the molecule is CCNCc1ccc(Cl)cc1N. The van der Waals surface area contributed by atoms with Gasteiger partial charge in [0.25, 0.3) is 0 Å². The van der Waals surface area contributed by atoms with Gasteiger partial charge >= 0.3 is 0 Å². The standard InChI is InChI=1S/C9H13ClN2/c1-2-12-6-7-3-4-8(10)5-9(7)11/h3-5,12H,2,6,11H2,1H3. The van der Waals surface area contributed by atoms with Crippen LogP contribution in [0.25, 0.3) is 0 Å². The van der Waals surface area contributed by atoms with Crippen molar-refractivity contribution in [3.8, 4) is 0 Å². The molecule has 0 aliphatic carbocycles. The minimum atomic E-state index is 0.688. The minimum Gasteiger partial charge on any atom is -0.398 e. The molecule has 12 heavy (non-hydrogen) atoms. The maximum atomic E-state index is 5.75. The van der Waals surface area contributed by atoms with Gasteiger partial charge in [0.15, 0.2) is 0 Å². The van der Waals surface area contributed by atoms with Crippen LogP contribution in [0.5, 0.6) is 0 Å². The Kier molecular flexibility index (Phi) is 3.38. The number of rotatable bonds is 3. The molecule has 0 aliphatic rings. The zero-order valence-electron chi connectivity index (χ0n) is 7.10. The lowest BCUT2D eigenvalue weighted by Crippen LogP contribution is -2.12. The second-order valence-electron chi connectivity index (χ2n) is 2.62. The zero-order chi connectivity index (χ0) is 8.97. The average Bonchev–Trinajstić information content (AvgIpc) is 2.03. The smallest absolute Gasteiger partial charge is 0.0426 e.